The van der Waals surface area contributed by atoms with Gasteiger partial charge in [-0.1, -0.05) is 19.8 Å². The average Bonchev–Trinajstić information content (AvgIpc) is 2.88. The Morgan fingerprint density at radius 2 is 2.35 bits per heavy atom. The molecule has 3 rings (SSSR count). The van der Waals surface area contributed by atoms with Gasteiger partial charge in [0, 0.05) is 5.38 Å². The van der Waals surface area contributed by atoms with Crippen LogP contribution in [-0.2, 0) is 11.3 Å². The summed E-state index contributed by atoms with van der Waals surface area (Å²) >= 11 is 1.57. The van der Waals surface area contributed by atoms with Crippen LogP contribution in [0.15, 0.2) is 5.38 Å². The molecule has 1 saturated carbocycles. The van der Waals surface area contributed by atoms with Crippen LogP contribution < -0.4 is 5.32 Å². The number of rotatable bonds is 2. The molecule has 0 radical (unpaired) electrons. The summed E-state index contributed by atoms with van der Waals surface area (Å²) in [6, 6.07) is -0.269. The fourth-order valence-corrected chi connectivity index (χ4v) is 4.04. The summed E-state index contributed by atoms with van der Waals surface area (Å²) in [4.78, 5) is 30.6. The Hall–Kier alpha value is -1.43. The van der Waals surface area contributed by atoms with Crippen molar-refractivity contribution in [2.45, 2.75) is 51.6 Å². The third-order valence-electron chi connectivity index (χ3n) is 4.37. The maximum Gasteiger partial charge on any atom is 0.325 e. The lowest BCUT2D eigenvalue weighted by molar-refractivity contribution is -0.129. The Bertz CT molecular complexity index is 556. The van der Waals surface area contributed by atoms with Gasteiger partial charge in [-0.25, -0.2) is 9.78 Å². The van der Waals surface area contributed by atoms with Crippen molar-refractivity contribution in [2.75, 3.05) is 0 Å². The predicted octanol–water partition coefficient (Wildman–Crippen LogP) is 2.45. The Balaban J connectivity index is 1.89. The molecular weight excluding hydrogens is 274 g/mol. The van der Waals surface area contributed by atoms with Gasteiger partial charge in [0.25, 0.3) is 5.91 Å². The lowest BCUT2D eigenvalue weighted by atomic mass is 9.75. The highest BCUT2D eigenvalue weighted by atomic mass is 32.1. The third kappa shape index (κ3) is 2.12. The van der Waals surface area contributed by atoms with Gasteiger partial charge in [0.05, 0.1) is 17.2 Å². The van der Waals surface area contributed by atoms with Crippen LogP contribution in [0.2, 0.25) is 0 Å². The number of carbonyl (C=O) groups is 2. The number of aryl methyl sites for hydroxylation is 1. The van der Waals surface area contributed by atoms with E-state index in [4.69, 9.17) is 0 Å². The molecule has 5 nitrogen and oxygen atoms in total. The van der Waals surface area contributed by atoms with Gasteiger partial charge in [-0.15, -0.1) is 11.3 Å². The van der Waals surface area contributed by atoms with E-state index in [1.54, 1.807) is 16.2 Å². The summed E-state index contributed by atoms with van der Waals surface area (Å²) in [6.45, 7) is 4.53. The van der Waals surface area contributed by atoms with Crippen molar-refractivity contribution in [1.82, 2.24) is 15.2 Å². The van der Waals surface area contributed by atoms with Crippen molar-refractivity contribution >= 4 is 23.3 Å². The van der Waals surface area contributed by atoms with Crippen LogP contribution in [0.1, 0.15) is 43.3 Å². The van der Waals surface area contributed by atoms with E-state index in [0.29, 0.717) is 12.5 Å². The van der Waals surface area contributed by atoms with E-state index in [0.717, 1.165) is 36.4 Å². The van der Waals surface area contributed by atoms with Gasteiger partial charge < -0.3 is 4.90 Å². The summed E-state index contributed by atoms with van der Waals surface area (Å²) in [5.41, 5.74) is 0.224. The first-order chi connectivity index (χ1) is 9.51. The van der Waals surface area contributed by atoms with Crippen LogP contribution >= 0.6 is 11.3 Å². The molecule has 1 N–H and O–H groups in total. The highest BCUT2D eigenvalue weighted by molar-refractivity contribution is 7.09. The third-order valence-corrected chi connectivity index (χ3v) is 5.19. The van der Waals surface area contributed by atoms with Gasteiger partial charge in [-0.3, -0.25) is 10.1 Å². The number of hydrogen-bond donors (Lipinski definition) is 1. The van der Waals surface area contributed by atoms with Crippen molar-refractivity contribution in [2.24, 2.45) is 5.92 Å². The van der Waals surface area contributed by atoms with E-state index >= 15 is 0 Å². The highest BCUT2D eigenvalue weighted by Crippen LogP contribution is 2.40. The molecule has 1 aromatic heterocycles. The van der Waals surface area contributed by atoms with E-state index in [1.165, 1.54) is 0 Å². The van der Waals surface area contributed by atoms with Crippen molar-refractivity contribution < 1.29 is 9.59 Å². The first-order valence-electron chi connectivity index (χ1n) is 7.05. The van der Waals surface area contributed by atoms with Gasteiger partial charge in [0.15, 0.2) is 0 Å². The van der Waals surface area contributed by atoms with Crippen LogP contribution in [0.5, 0.6) is 0 Å². The molecule has 2 fully saturated rings. The molecule has 108 valence electrons. The van der Waals surface area contributed by atoms with Crippen LogP contribution in [0, 0.1) is 12.8 Å². The number of hydrogen-bond acceptors (Lipinski definition) is 4. The number of imide groups is 1. The number of nitrogens with one attached hydrogen (secondary N) is 1. The molecule has 2 unspecified atom stereocenters. The lowest BCUT2D eigenvalue weighted by Gasteiger charge is -2.40. The van der Waals surface area contributed by atoms with Gasteiger partial charge >= 0.3 is 6.03 Å². The summed E-state index contributed by atoms with van der Waals surface area (Å²) in [6.07, 6.45) is 3.65. The molecule has 2 aliphatic rings. The zero-order valence-electron chi connectivity index (χ0n) is 11.8. The molecule has 1 spiro atoms. The minimum absolute atomic E-state index is 0.124. The van der Waals surface area contributed by atoms with Gasteiger partial charge in [0.1, 0.15) is 5.54 Å². The fourth-order valence-electron chi connectivity index (χ4n) is 3.44. The SMILES string of the molecule is Cc1nc(CN2C(=O)NC(=O)C23CCCC(C)C3)cs1. The van der Waals surface area contributed by atoms with E-state index < -0.39 is 5.54 Å². The molecular formula is C14H19N3O2S. The molecule has 0 aromatic carbocycles. The second-order valence-electron chi connectivity index (χ2n) is 5.94. The number of amides is 3. The van der Waals surface area contributed by atoms with Gasteiger partial charge in [-0.2, -0.15) is 0 Å². The van der Waals surface area contributed by atoms with E-state index in [2.05, 4.69) is 17.2 Å². The zero-order valence-corrected chi connectivity index (χ0v) is 12.6. The summed E-state index contributed by atoms with van der Waals surface area (Å²) in [5, 5.41) is 5.45. The zero-order chi connectivity index (χ0) is 14.3. The Kier molecular flexibility index (Phi) is 3.28. The van der Waals surface area contributed by atoms with E-state index in [-0.39, 0.29) is 11.9 Å². The Morgan fingerprint density at radius 3 is 3.00 bits per heavy atom. The minimum Gasteiger partial charge on any atom is -0.304 e. The topological polar surface area (TPSA) is 62.3 Å². The molecule has 20 heavy (non-hydrogen) atoms. The Morgan fingerprint density at radius 1 is 1.55 bits per heavy atom. The number of thiazole rings is 1. The molecule has 0 bridgehead atoms. The quantitative estimate of drug-likeness (QED) is 0.852. The largest absolute Gasteiger partial charge is 0.325 e. The van der Waals surface area contributed by atoms with Crippen molar-refractivity contribution in [1.29, 1.82) is 0 Å². The summed E-state index contributed by atoms with van der Waals surface area (Å²) in [5.74, 6) is 0.348. The van der Waals surface area contributed by atoms with Crippen molar-refractivity contribution in [3.05, 3.63) is 16.1 Å². The Labute approximate surface area is 122 Å². The van der Waals surface area contributed by atoms with E-state index in [9.17, 15) is 9.59 Å². The van der Waals surface area contributed by atoms with Gasteiger partial charge in [0.2, 0.25) is 0 Å². The van der Waals surface area contributed by atoms with Crippen molar-refractivity contribution in [3.63, 3.8) is 0 Å². The summed E-state index contributed by atoms with van der Waals surface area (Å²) in [7, 11) is 0. The normalized spacial score (nSPS) is 30.1. The first kappa shape index (κ1) is 13.5. The smallest absolute Gasteiger partial charge is 0.304 e. The average molecular weight is 293 g/mol. The standard InChI is InChI=1S/C14H19N3O2S/c1-9-4-3-5-14(6-9)12(18)16-13(19)17(14)7-11-8-20-10(2)15-11/h8-9H,3-7H2,1-2H3,(H,16,18,19). The molecule has 1 aliphatic carbocycles. The maximum absolute atomic E-state index is 12.3. The molecule has 3 amide bonds. The molecule has 2 atom stereocenters. The summed E-state index contributed by atoms with van der Waals surface area (Å²) < 4.78 is 0. The van der Waals surface area contributed by atoms with Crippen molar-refractivity contribution in [3.8, 4) is 0 Å². The molecule has 2 heterocycles. The molecule has 1 saturated heterocycles. The van der Waals surface area contributed by atoms with Crippen LogP contribution in [0.4, 0.5) is 4.79 Å². The lowest BCUT2D eigenvalue weighted by Crippen LogP contribution is -2.52. The highest BCUT2D eigenvalue weighted by Gasteiger charge is 2.54. The number of nitrogens with zero attached hydrogens (tertiary/aromatic N) is 2. The first-order valence-corrected chi connectivity index (χ1v) is 7.93. The van der Waals surface area contributed by atoms with Crippen LogP contribution in [0.25, 0.3) is 0 Å². The number of aromatic nitrogens is 1. The van der Waals surface area contributed by atoms with Crippen LogP contribution in [-0.4, -0.2) is 27.4 Å². The minimum atomic E-state index is -0.647. The fraction of sp³-hybridized carbons (Fsp3) is 0.643. The van der Waals surface area contributed by atoms with E-state index in [1.807, 2.05) is 12.3 Å². The second-order valence-corrected chi connectivity index (χ2v) is 7.00. The number of carbonyl (C=O) groups excluding carboxylic acids is 2. The molecule has 6 heteroatoms. The number of urea groups is 1. The molecule has 1 aromatic rings. The maximum atomic E-state index is 12.3. The van der Waals surface area contributed by atoms with Gasteiger partial charge in [-0.05, 0) is 25.7 Å². The second kappa shape index (κ2) is 4.84. The van der Waals surface area contributed by atoms with Crippen LogP contribution in [0.3, 0.4) is 0 Å². The molecule has 1 aliphatic heterocycles. The predicted molar refractivity (Wildman–Crippen MR) is 76.3 cm³/mol. The monoisotopic (exact) mass is 293 g/mol.